The molecule has 0 aromatic heterocycles. The van der Waals surface area contributed by atoms with Crippen molar-refractivity contribution >= 4 is 5.90 Å². The number of ether oxygens (including phenoxy) is 1. The van der Waals surface area contributed by atoms with Crippen LogP contribution in [0.4, 0.5) is 0 Å². The summed E-state index contributed by atoms with van der Waals surface area (Å²) in [5.74, 6) is 0.770. The van der Waals surface area contributed by atoms with Gasteiger partial charge >= 0.3 is 0 Å². The Labute approximate surface area is 120 Å². The molecule has 0 amide bonds. The maximum Gasteiger partial charge on any atom is 0.229 e. The Morgan fingerprint density at radius 2 is 1.88 bits per heavy atom. The zero-order valence-electron chi connectivity index (χ0n) is 10.8. The van der Waals surface area contributed by atoms with E-state index in [-0.39, 0.29) is 29.6 Å². The number of nitrogens with zero attached hydrogens (tertiary/aromatic N) is 2. The Hall–Kier alpha value is -0.0400. The molecule has 0 radical (unpaired) electrons. The number of quaternary nitrogens is 1. The van der Waals surface area contributed by atoms with Crippen LogP contribution in [-0.4, -0.2) is 49.3 Å². The summed E-state index contributed by atoms with van der Waals surface area (Å²) in [4.78, 5) is 5.71. The van der Waals surface area contributed by atoms with E-state index in [1.165, 1.54) is 17.3 Å². The maximum atomic E-state index is 5.71. The van der Waals surface area contributed by atoms with Crippen LogP contribution in [0.5, 0.6) is 0 Å². The fourth-order valence-electron chi connectivity index (χ4n) is 3.78. The Kier molecular flexibility index (Phi) is 3.36. The fraction of sp³-hybridized carbons (Fsp3) is 0.917. The summed E-state index contributed by atoms with van der Waals surface area (Å²) < 4.78 is 6.38. The van der Waals surface area contributed by atoms with Gasteiger partial charge in [-0.25, -0.2) is 0 Å². The highest BCUT2D eigenvalue weighted by Crippen LogP contribution is 2.48. The number of fused-ring (bicyclic) bond motifs is 2. The van der Waals surface area contributed by atoms with E-state index in [1.807, 2.05) is 0 Å². The first-order valence-electron chi connectivity index (χ1n) is 6.18. The van der Waals surface area contributed by atoms with E-state index < -0.39 is 0 Å². The number of methoxy groups -OCH3 is 1. The lowest BCUT2D eigenvalue weighted by Gasteiger charge is -2.47. The first-order chi connectivity index (χ1) is 7.56. The van der Waals surface area contributed by atoms with Crippen LogP contribution in [0.3, 0.4) is 0 Å². The SMILES string of the molecule is COC1=NOC2(C1)C[C@H]1CC[C@@H](C2)[N+]1(C)C.[I-]. The van der Waals surface area contributed by atoms with E-state index >= 15 is 0 Å². The molecule has 17 heavy (non-hydrogen) atoms. The average molecular weight is 352 g/mol. The van der Waals surface area contributed by atoms with Gasteiger partial charge in [0.25, 0.3) is 0 Å². The summed E-state index contributed by atoms with van der Waals surface area (Å²) in [5, 5.41) is 4.06. The van der Waals surface area contributed by atoms with Gasteiger partial charge in [0.2, 0.25) is 5.90 Å². The van der Waals surface area contributed by atoms with Crippen molar-refractivity contribution in [3.63, 3.8) is 0 Å². The summed E-state index contributed by atoms with van der Waals surface area (Å²) in [6, 6.07) is 1.48. The van der Waals surface area contributed by atoms with Crippen molar-refractivity contribution in [2.24, 2.45) is 5.16 Å². The summed E-state index contributed by atoms with van der Waals surface area (Å²) in [7, 11) is 6.41. The number of oxime groups is 1. The van der Waals surface area contributed by atoms with Crippen LogP contribution in [0.25, 0.3) is 0 Å². The van der Waals surface area contributed by atoms with Crippen LogP contribution in [0.1, 0.15) is 32.1 Å². The maximum absolute atomic E-state index is 5.71. The Bertz CT molecular complexity index is 327. The molecule has 0 N–H and O–H groups in total. The predicted octanol–water partition coefficient (Wildman–Crippen LogP) is -1.49. The van der Waals surface area contributed by atoms with Crippen LogP contribution in [0, 0.1) is 0 Å². The predicted molar refractivity (Wildman–Crippen MR) is 61.0 cm³/mol. The normalized spacial score (nSPS) is 41.7. The number of piperidine rings is 1. The second kappa shape index (κ2) is 4.26. The van der Waals surface area contributed by atoms with Crippen molar-refractivity contribution in [1.82, 2.24) is 0 Å². The second-order valence-corrected chi connectivity index (χ2v) is 6.06. The molecule has 3 aliphatic heterocycles. The molecule has 0 aromatic rings. The minimum absolute atomic E-state index is 0. The van der Waals surface area contributed by atoms with Crippen LogP contribution < -0.4 is 24.0 Å². The van der Waals surface area contributed by atoms with Crippen molar-refractivity contribution < 1.29 is 38.0 Å². The molecule has 4 nitrogen and oxygen atoms in total. The summed E-state index contributed by atoms with van der Waals surface area (Å²) >= 11 is 0. The molecular formula is C12H21IN2O2. The number of halogens is 1. The van der Waals surface area contributed by atoms with Gasteiger partial charge in [0.15, 0.2) is 5.60 Å². The molecule has 2 saturated heterocycles. The molecule has 3 atom stereocenters. The molecule has 2 bridgehead atoms. The average Bonchev–Trinajstić information content (AvgIpc) is 2.65. The standard InChI is InChI=1S/C12H21N2O2.HI/c1-14(2)9-4-5-10(14)7-12(6-9)8-11(15-3)13-16-12;/h9-10H,4-8H2,1-3H3;1H/q+1;/p-1/t9-,10+,12?;. The summed E-state index contributed by atoms with van der Waals surface area (Å²) in [6.07, 6.45) is 5.81. The lowest BCUT2D eigenvalue weighted by Crippen LogP contribution is -3.00. The van der Waals surface area contributed by atoms with Crippen LogP contribution in [0.2, 0.25) is 0 Å². The number of rotatable bonds is 0. The number of hydrogen-bond donors (Lipinski definition) is 0. The van der Waals surface area contributed by atoms with E-state index in [2.05, 4.69) is 19.3 Å². The molecule has 3 rings (SSSR count). The third-order valence-electron chi connectivity index (χ3n) is 4.98. The summed E-state index contributed by atoms with van der Waals surface area (Å²) in [6.45, 7) is 0. The molecule has 5 heteroatoms. The van der Waals surface area contributed by atoms with E-state index in [0.717, 1.165) is 37.2 Å². The van der Waals surface area contributed by atoms with E-state index in [9.17, 15) is 0 Å². The van der Waals surface area contributed by atoms with Gasteiger partial charge in [-0.05, 0) is 0 Å². The van der Waals surface area contributed by atoms with Crippen molar-refractivity contribution in [3.05, 3.63) is 0 Å². The van der Waals surface area contributed by atoms with Crippen molar-refractivity contribution in [2.75, 3.05) is 21.2 Å². The topological polar surface area (TPSA) is 30.8 Å². The fourth-order valence-corrected chi connectivity index (χ4v) is 3.78. The molecule has 1 unspecified atom stereocenters. The van der Waals surface area contributed by atoms with E-state index in [0.29, 0.717) is 0 Å². The lowest BCUT2D eigenvalue weighted by atomic mass is 9.82. The van der Waals surface area contributed by atoms with Crippen LogP contribution >= 0.6 is 0 Å². The van der Waals surface area contributed by atoms with Crippen molar-refractivity contribution in [3.8, 4) is 0 Å². The molecule has 98 valence electrons. The zero-order chi connectivity index (χ0) is 11.4. The minimum atomic E-state index is -0.0368. The van der Waals surface area contributed by atoms with E-state index in [4.69, 9.17) is 9.57 Å². The van der Waals surface area contributed by atoms with Gasteiger partial charge in [-0.15, -0.1) is 0 Å². The molecule has 0 saturated carbocycles. The van der Waals surface area contributed by atoms with E-state index in [1.54, 1.807) is 7.11 Å². The third-order valence-corrected chi connectivity index (χ3v) is 4.98. The van der Waals surface area contributed by atoms with Gasteiger partial charge in [-0.3, -0.25) is 0 Å². The third kappa shape index (κ3) is 1.95. The van der Waals surface area contributed by atoms with Gasteiger partial charge in [0, 0.05) is 25.7 Å². The van der Waals surface area contributed by atoms with Gasteiger partial charge in [0.05, 0.1) is 39.7 Å². The Morgan fingerprint density at radius 1 is 1.29 bits per heavy atom. The minimum Gasteiger partial charge on any atom is -1.00 e. The quantitative estimate of drug-likeness (QED) is 0.393. The molecule has 1 spiro atoms. The van der Waals surface area contributed by atoms with Crippen molar-refractivity contribution in [1.29, 1.82) is 0 Å². The first kappa shape index (κ1) is 13.4. The molecule has 0 aliphatic carbocycles. The van der Waals surface area contributed by atoms with Crippen LogP contribution in [0.15, 0.2) is 5.16 Å². The smallest absolute Gasteiger partial charge is 0.229 e. The monoisotopic (exact) mass is 352 g/mol. The number of hydrogen-bond acceptors (Lipinski definition) is 3. The molecule has 0 aromatic carbocycles. The van der Waals surface area contributed by atoms with Crippen LogP contribution in [-0.2, 0) is 9.57 Å². The molecule has 3 heterocycles. The lowest BCUT2D eigenvalue weighted by molar-refractivity contribution is -0.932. The van der Waals surface area contributed by atoms with Crippen molar-refractivity contribution in [2.45, 2.75) is 49.8 Å². The highest BCUT2D eigenvalue weighted by atomic mass is 127. The Balaban J connectivity index is 0.00000108. The molecule has 2 fully saturated rings. The van der Waals surface area contributed by atoms with Gasteiger partial charge in [-0.2, -0.15) is 0 Å². The largest absolute Gasteiger partial charge is 1.00 e. The van der Waals surface area contributed by atoms with Gasteiger partial charge in [-0.1, -0.05) is 5.16 Å². The molecular weight excluding hydrogens is 331 g/mol. The van der Waals surface area contributed by atoms with Gasteiger partial charge < -0.3 is 38.0 Å². The highest BCUT2D eigenvalue weighted by molar-refractivity contribution is 5.77. The zero-order valence-corrected chi connectivity index (χ0v) is 12.9. The second-order valence-electron chi connectivity index (χ2n) is 6.06. The Morgan fingerprint density at radius 3 is 2.35 bits per heavy atom. The van der Waals surface area contributed by atoms with Gasteiger partial charge in [0.1, 0.15) is 0 Å². The first-order valence-corrected chi connectivity index (χ1v) is 6.18. The highest BCUT2D eigenvalue weighted by Gasteiger charge is 2.58. The summed E-state index contributed by atoms with van der Waals surface area (Å²) in [5.41, 5.74) is -0.0368. The molecule has 3 aliphatic rings.